The van der Waals surface area contributed by atoms with E-state index >= 15 is 0 Å². The van der Waals surface area contributed by atoms with Crippen LogP contribution in [0.25, 0.3) is 0 Å². The predicted octanol–water partition coefficient (Wildman–Crippen LogP) is 4.10. The van der Waals surface area contributed by atoms with E-state index in [1.807, 2.05) is 0 Å². The Bertz CT molecular complexity index is 142. The highest BCUT2D eigenvalue weighted by Crippen LogP contribution is 2.49. The van der Waals surface area contributed by atoms with Crippen LogP contribution in [0.4, 0.5) is 0 Å². The Morgan fingerprint density at radius 2 is 1.75 bits per heavy atom. The fourth-order valence-corrected chi connectivity index (χ4v) is 2.18. The van der Waals surface area contributed by atoms with Crippen molar-refractivity contribution in [3.63, 3.8) is 0 Å². The zero-order valence-corrected chi connectivity index (χ0v) is 9.35. The van der Waals surface area contributed by atoms with Crippen molar-refractivity contribution in [3.05, 3.63) is 0 Å². The highest BCUT2D eigenvalue weighted by atomic mass is 14.4. The van der Waals surface area contributed by atoms with Gasteiger partial charge in [0, 0.05) is 0 Å². The normalized spacial score (nSPS) is 23.8. The van der Waals surface area contributed by atoms with Crippen molar-refractivity contribution in [2.24, 2.45) is 23.2 Å². The molecule has 2 atom stereocenters. The topological polar surface area (TPSA) is 0 Å². The molecule has 0 spiro atoms. The van der Waals surface area contributed by atoms with Crippen LogP contribution < -0.4 is 0 Å². The van der Waals surface area contributed by atoms with Gasteiger partial charge in [0.25, 0.3) is 0 Å². The molecule has 0 heteroatoms. The molecule has 0 amide bonds. The second-order valence-electron chi connectivity index (χ2n) is 5.26. The van der Waals surface area contributed by atoms with Crippen molar-refractivity contribution in [3.8, 4) is 0 Å². The van der Waals surface area contributed by atoms with E-state index in [2.05, 4.69) is 34.6 Å². The molecule has 12 heavy (non-hydrogen) atoms. The average Bonchev–Trinajstić information content (AvgIpc) is 2.83. The van der Waals surface area contributed by atoms with Crippen molar-refractivity contribution >= 4 is 0 Å². The van der Waals surface area contributed by atoms with Gasteiger partial charge in [-0.05, 0) is 36.0 Å². The van der Waals surface area contributed by atoms with Gasteiger partial charge in [0.05, 0.1) is 0 Å². The van der Waals surface area contributed by atoms with Crippen LogP contribution in [0.3, 0.4) is 0 Å². The van der Waals surface area contributed by atoms with Crippen molar-refractivity contribution in [1.82, 2.24) is 0 Å². The molecule has 72 valence electrons. The molecule has 2 unspecified atom stereocenters. The lowest BCUT2D eigenvalue weighted by Crippen LogP contribution is -2.30. The zero-order valence-electron chi connectivity index (χ0n) is 9.35. The van der Waals surface area contributed by atoms with Crippen LogP contribution in [0, 0.1) is 23.2 Å². The van der Waals surface area contributed by atoms with Gasteiger partial charge >= 0.3 is 0 Å². The Labute approximate surface area is 77.7 Å². The molecule has 0 aromatic rings. The minimum Gasteiger partial charge on any atom is -0.0651 e. The van der Waals surface area contributed by atoms with E-state index < -0.39 is 0 Å². The first-order chi connectivity index (χ1) is 5.50. The Morgan fingerprint density at radius 1 is 1.25 bits per heavy atom. The summed E-state index contributed by atoms with van der Waals surface area (Å²) in [4.78, 5) is 0. The highest BCUT2D eigenvalue weighted by molar-refractivity contribution is 4.89. The van der Waals surface area contributed by atoms with Crippen LogP contribution in [0.5, 0.6) is 0 Å². The average molecular weight is 168 g/mol. The molecular formula is C12H24. The summed E-state index contributed by atoms with van der Waals surface area (Å²) < 4.78 is 0. The van der Waals surface area contributed by atoms with Gasteiger partial charge in [0.1, 0.15) is 0 Å². The van der Waals surface area contributed by atoms with Gasteiger partial charge in [-0.25, -0.2) is 0 Å². The molecule has 1 fully saturated rings. The van der Waals surface area contributed by atoms with Gasteiger partial charge in [-0.1, -0.05) is 41.0 Å². The van der Waals surface area contributed by atoms with Gasteiger partial charge in [-0.15, -0.1) is 0 Å². The molecule has 1 rings (SSSR count). The van der Waals surface area contributed by atoms with Gasteiger partial charge in [-0.2, -0.15) is 0 Å². The van der Waals surface area contributed by atoms with Crippen molar-refractivity contribution in [1.29, 1.82) is 0 Å². The van der Waals surface area contributed by atoms with Crippen LogP contribution in [-0.4, -0.2) is 0 Å². The molecule has 0 N–H and O–H groups in total. The van der Waals surface area contributed by atoms with E-state index in [-0.39, 0.29) is 0 Å². The van der Waals surface area contributed by atoms with E-state index in [1.54, 1.807) is 0 Å². The predicted molar refractivity (Wildman–Crippen MR) is 55.1 cm³/mol. The van der Waals surface area contributed by atoms with Crippen LogP contribution in [0.15, 0.2) is 0 Å². The standard InChI is InChI=1S/C12H24/c1-6-9(2)12(4,5)10(3)11-7-8-11/h9-11H,6-8H2,1-5H3. The Balaban J connectivity index is 2.55. The fraction of sp³-hybridized carbons (Fsp3) is 1.00. The minimum atomic E-state index is 0.552. The largest absolute Gasteiger partial charge is 0.0651 e. The maximum absolute atomic E-state index is 2.45. The second kappa shape index (κ2) is 3.40. The summed E-state index contributed by atoms with van der Waals surface area (Å²) in [7, 11) is 0. The number of hydrogen-bond donors (Lipinski definition) is 0. The maximum atomic E-state index is 2.45. The molecule has 1 saturated carbocycles. The smallest absolute Gasteiger partial charge is 0.0300 e. The number of hydrogen-bond acceptors (Lipinski definition) is 0. The summed E-state index contributed by atoms with van der Waals surface area (Å²) in [5, 5.41) is 0. The van der Waals surface area contributed by atoms with Crippen LogP contribution in [-0.2, 0) is 0 Å². The van der Waals surface area contributed by atoms with Crippen LogP contribution >= 0.6 is 0 Å². The van der Waals surface area contributed by atoms with Gasteiger partial charge < -0.3 is 0 Å². The lowest BCUT2D eigenvalue weighted by atomic mass is 9.68. The summed E-state index contributed by atoms with van der Waals surface area (Å²) in [5.74, 6) is 2.84. The summed E-state index contributed by atoms with van der Waals surface area (Å²) in [6.45, 7) is 12.1. The molecule has 1 aliphatic carbocycles. The Kier molecular flexibility index (Phi) is 2.85. The Morgan fingerprint density at radius 3 is 2.08 bits per heavy atom. The van der Waals surface area contributed by atoms with Crippen molar-refractivity contribution < 1.29 is 0 Å². The quantitative estimate of drug-likeness (QED) is 0.592. The summed E-state index contributed by atoms with van der Waals surface area (Å²) in [6.07, 6.45) is 4.30. The van der Waals surface area contributed by atoms with E-state index in [0.29, 0.717) is 5.41 Å². The molecule has 0 aromatic carbocycles. The minimum absolute atomic E-state index is 0.552. The fourth-order valence-electron chi connectivity index (χ4n) is 2.18. The first kappa shape index (κ1) is 10.1. The van der Waals surface area contributed by atoms with E-state index in [4.69, 9.17) is 0 Å². The lowest BCUT2D eigenvalue weighted by Gasteiger charge is -2.37. The van der Waals surface area contributed by atoms with Crippen molar-refractivity contribution in [2.75, 3.05) is 0 Å². The van der Waals surface area contributed by atoms with Crippen LogP contribution in [0.1, 0.15) is 53.9 Å². The highest BCUT2D eigenvalue weighted by Gasteiger charge is 2.40. The molecule has 0 aromatic heterocycles. The van der Waals surface area contributed by atoms with Crippen molar-refractivity contribution in [2.45, 2.75) is 53.9 Å². The lowest BCUT2D eigenvalue weighted by molar-refractivity contribution is 0.118. The molecule has 0 nitrogen and oxygen atoms in total. The Hall–Kier alpha value is 0. The molecule has 0 aliphatic heterocycles. The first-order valence-electron chi connectivity index (χ1n) is 5.50. The summed E-state index contributed by atoms with van der Waals surface area (Å²) in [5.41, 5.74) is 0.552. The monoisotopic (exact) mass is 168 g/mol. The van der Waals surface area contributed by atoms with Gasteiger partial charge in [0.2, 0.25) is 0 Å². The molecule has 0 radical (unpaired) electrons. The molecule has 1 aliphatic rings. The number of rotatable bonds is 4. The maximum Gasteiger partial charge on any atom is -0.0300 e. The molecule has 0 bridgehead atoms. The van der Waals surface area contributed by atoms with E-state index in [9.17, 15) is 0 Å². The van der Waals surface area contributed by atoms with E-state index in [1.165, 1.54) is 19.3 Å². The third-order valence-electron chi connectivity index (χ3n) is 4.39. The van der Waals surface area contributed by atoms with Gasteiger partial charge in [-0.3, -0.25) is 0 Å². The SMILES string of the molecule is CCC(C)C(C)(C)C(C)C1CC1. The molecule has 0 heterocycles. The van der Waals surface area contributed by atoms with Crippen LogP contribution in [0.2, 0.25) is 0 Å². The van der Waals surface area contributed by atoms with E-state index in [0.717, 1.165) is 17.8 Å². The zero-order chi connectivity index (χ0) is 9.35. The third kappa shape index (κ3) is 1.84. The molecule has 0 saturated heterocycles. The second-order valence-corrected chi connectivity index (χ2v) is 5.26. The summed E-state index contributed by atoms with van der Waals surface area (Å²) >= 11 is 0. The first-order valence-corrected chi connectivity index (χ1v) is 5.50. The van der Waals surface area contributed by atoms with Gasteiger partial charge in [0.15, 0.2) is 0 Å². The molecular weight excluding hydrogens is 144 g/mol. The summed E-state index contributed by atoms with van der Waals surface area (Å²) in [6, 6.07) is 0. The third-order valence-corrected chi connectivity index (χ3v) is 4.39.